The van der Waals surface area contributed by atoms with Gasteiger partial charge >= 0.3 is 0 Å². The second kappa shape index (κ2) is 7.58. The first-order valence-corrected chi connectivity index (χ1v) is 9.83. The van der Waals surface area contributed by atoms with Gasteiger partial charge in [0.05, 0.1) is 0 Å². The number of fused-ring (bicyclic) bond motifs is 1. The molecule has 136 valence electrons. The average molecular weight is 368 g/mol. The number of aryl methyl sites for hydroxylation is 1. The van der Waals surface area contributed by atoms with Crippen LogP contribution in [0.5, 0.6) is 0 Å². The van der Waals surface area contributed by atoms with Gasteiger partial charge in [-0.05, 0) is 43.1 Å². The van der Waals surface area contributed by atoms with E-state index in [9.17, 15) is 0 Å². The van der Waals surface area contributed by atoms with Gasteiger partial charge in [0.25, 0.3) is 0 Å². The molecule has 1 aromatic heterocycles. The molecule has 26 heavy (non-hydrogen) atoms. The molecule has 0 amide bonds. The molecule has 1 saturated carbocycles. The summed E-state index contributed by atoms with van der Waals surface area (Å²) in [4.78, 5) is 11.5. The van der Waals surface area contributed by atoms with Gasteiger partial charge in [0.2, 0.25) is 5.95 Å². The fourth-order valence-electron chi connectivity index (χ4n) is 3.83. The Hall–Kier alpha value is -2.21. The first-order chi connectivity index (χ1) is 12.7. The number of benzene rings is 1. The predicted octanol–water partition coefficient (Wildman–Crippen LogP) is 3.92. The smallest absolute Gasteiger partial charge is 0.231 e. The Bertz CT molecular complexity index is 776. The van der Waals surface area contributed by atoms with E-state index in [1.807, 2.05) is 13.0 Å². The first kappa shape index (κ1) is 17.2. The minimum absolute atomic E-state index is 0.473. The normalized spacial score (nSPS) is 17.0. The molecule has 4 rings (SSSR count). The van der Waals surface area contributed by atoms with Crippen LogP contribution in [0, 0.1) is 6.92 Å². The van der Waals surface area contributed by atoms with Crippen molar-refractivity contribution < 1.29 is 0 Å². The summed E-state index contributed by atoms with van der Waals surface area (Å²) in [6.07, 6.45) is 6.27. The summed E-state index contributed by atoms with van der Waals surface area (Å²) in [5, 5.41) is 7.23. The van der Waals surface area contributed by atoms with Crippen LogP contribution in [0.25, 0.3) is 0 Å². The van der Waals surface area contributed by atoms with Gasteiger partial charge in [-0.3, -0.25) is 0 Å². The van der Waals surface area contributed by atoms with Crippen LogP contribution in [0.2, 0.25) is 0 Å². The lowest BCUT2D eigenvalue weighted by Gasteiger charge is -2.24. The van der Waals surface area contributed by atoms with Crippen LogP contribution < -0.4 is 15.5 Å². The highest BCUT2D eigenvalue weighted by atomic mass is 32.1. The van der Waals surface area contributed by atoms with Crippen LogP contribution in [0.1, 0.15) is 48.9 Å². The molecule has 0 bridgehead atoms. The molecule has 0 radical (unpaired) electrons. The Kier molecular flexibility index (Phi) is 5.02. The van der Waals surface area contributed by atoms with Gasteiger partial charge in [-0.25, -0.2) is 4.98 Å². The molecule has 0 spiro atoms. The van der Waals surface area contributed by atoms with Crippen LogP contribution >= 0.6 is 12.2 Å². The fraction of sp³-hybridized carbons (Fsp3) is 0.450. The minimum atomic E-state index is 0.473. The van der Waals surface area contributed by atoms with Gasteiger partial charge in [-0.2, -0.15) is 4.98 Å². The summed E-state index contributed by atoms with van der Waals surface area (Å²) in [7, 11) is 0. The average Bonchev–Trinajstić information content (AvgIpc) is 3.06. The van der Waals surface area contributed by atoms with Crippen LogP contribution in [0.3, 0.4) is 0 Å². The molecule has 0 saturated heterocycles. The number of hydrogen-bond donors (Lipinski definition) is 2. The number of nitrogens with one attached hydrogen (secondary N) is 2. The maximum absolute atomic E-state index is 5.48. The monoisotopic (exact) mass is 367 g/mol. The number of nitrogens with zero attached hydrogens (tertiary/aromatic N) is 3. The second-order valence-electron chi connectivity index (χ2n) is 7.25. The molecule has 1 aliphatic carbocycles. The molecule has 2 aromatic rings. The summed E-state index contributed by atoms with van der Waals surface area (Å²) in [5.74, 6) is 1.51. The molecule has 5 nitrogen and oxygen atoms in total. The Morgan fingerprint density at radius 3 is 2.46 bits per heavy atom. The molecular formula is C20H25N5S. The summed E-state index contributed by atoms with van der Waals surface area (Å²) in [6, 6.07) is 11.1. The van der Waals surface area contributed by atoms with Gasteiger partial charge < -0.3 is 15.5 Å². The van der Waals surface area contributed by atoms with Crippen molar-refractivity contribution in [1.82, 2.24) is 15.3 Å². The molecule has 1 aromatic carbocycles. The molecule has 2 aliphatic rings. The van der Waals surface area contributed by atoms with Crippen molar-refractivity contribution in [2.75, 3.05) is 10.2 Å². The van der Waals surface area contributed by atoms with Crippen LogP contribution in [0.15, 0.2) is 30.3 Å². The van der Waals surface area contributed by atoms with Crippen molar-refractivity contribution in [3.63, 3.8) is 0 Å². The Labute approximate surface area is 160 Å². The summed E-state index contributed by atoms with van der Waals surface area (Å²) < 4.78 is 0. The van der Waals surface area contributed by atoms with Crippen LogP contribution in [0.4, 0.5) is 11.8 Å². The van der Waals surface area contributed by atoms with E-state index >= 15 is 0 Å². The minimum Gasteiger partial charge on any atom is -0.360 e. The third-order valence-corrected chi connectivity index (χ3v) is 5.39. The lowest BCUT2D eigenvalue weighted by molar-refractivity contribution is 0.414. The van der Waals surface area contributed by atoms with Crippen molar-refractivity contribution in [3.05, 3.63) is 47.2 Å². The van der Waals surface area contributed by atoms with E-state index in [0.717, 1.165) is 24.6 Å². The molecule has 1 fully saturated rings. The number of rotatable bonds is 3. The highest BCUT2D eigenvalue weighted by Gasteiger charge is 2.21. The topological polar surface area (TPSA) is 53.1 Å². The van der Waals surface area contributed by atoms with Crippen molar-refractivity contribution in [2.24, 2.45) is 0 Å². The molecule has 1 aliphatic heterocycles. The summed E-state index contributed by atoms with van der Waals surface area (Å²) >= 11 is 5.48. The Morgan fingerprint density at radius 1 is 1.08 bits per heavy atom. The number of anilines is 2. The van der Waals surface area contributed by atoms with Crippen molar-refractivity contribution in [1.29, 1.82) is 0 Å². The second-order valence-corrected chi connectivity index (χ2v) is 7.66. The highest BCUT2D eigenvalue weighted by molar-refractivity contribution is 7.80. The van der Waals surface area contributed by atoms with Crippen molar-refractivity contribution >= 4 is 29.1 Å². The van der Waals surface area contributed by atoms with Crippen LogP contribution in [-0.4, -0.2) is 21.1 Å². The Balaban J connectivity index is 1.44. The van der Waals surface area contributed by atoms with Gasteiger partial charge in [0, 0.05) is 30.9 Å². The largest absolute Gasteiger partial charge is 0.360 e. The number of hydrogen-bond acceptors (Lipinski definition) is 4. The SMILES string of the molecule is Cc1cc(N2Cc3ccccc3C2)nc(NC(=S)NC2CCCCC2)n1. The van der Waals surface area contributed by atoms with E-state index < -0.39 is 0 Å². The highest BCUT2D eigenvalue weighted by Crippen LogP contribution is 2.27. The Morgan fingerprint density at radius 2 is 1.77 bits per heavy atom. The first-order valence-electron chi connectivity index (χ1n) is 9.42. The quantitative estimate of drug-likeness (QED) is 0.802. The van der Waals surface area contributed by atoms with Gasteiger partial charge in [0.1, 0.15) is 5.82 Å². The number of aromatic nitrogens is 2. The molecule has 2 N–H and O–H groups in total. The van der Waals surface area contributed by atoms with E-state index in [1.165, 1.54) is 43.2 Å². The van der Waals surface area contributed by atoms with Crippen LogP contribution in [-0.2, 0) is 13.1 Å². The van der Waals surface area contributed by atoms with E-state index in [1.54, 1.807) is 0 Å². The summed E-state index contributed by atoms with van der Waals surface area (Å²) in [6.45, 7) is 3.77. The van der Waals surface area contributed by atoms with Gasteiger partial charge in [-0.1, -0.05) is 43.5 Å². The molecule has 0 atom stereocenters. The van der Waals surface area contributed by atoms with Gasteiger partial charge in [-0.15, -0.1) is 0 Å². The standard InChI is InChI=1S/C20H25N5S/c1-14-11-18(25-12-15-7-5-6-8-16(15)13-25)23-19(21-14)24-20(26)22-17-9-3-2-4-10-17/h5-8,11,17H,2-4,9-10,12-13H2,1H3,(H2,21,22,23,24,26). The zero-order chi connectivity index (χ0) is 17.9. The molecule has 0 unspecified atom stereocenters. The fourth-order valence-corrected chi connectivity index (χ4v) is 4.09. The lowest BCUT2D eigenvalue weighted by atomic mass is 9.96. The molecular weight excluding hydrogens is 342 g/mol. The maximum Gasteiger partial charge on any atom is 0.231 e. The van der Waals surface area contributed by atoms with E-state index in [-0.39, 0.29) is 0 Å². The zero-order valence-electron chi connectivity index (χ0n) is 15.2. The summed E-state index contributed by atoms with van der Waals surface area (Å²) in [5.41, 5.74) is 3.68. The van der Waals surface area contributed by atoms with E-state index in [4.69, 9.17) is 17.2 Å². The number of thiocarbonyl (C=S) groups is 1. The third kappa shape index (κ3) is 3.96. The lowest BCUT2D eigenvalue weighted by Crippen LogP contribution is -2.39. The third-order valence-electron chi connectivity index (χ3n) is 5.17. The zero-order valence-corrected chi connectivity index (χ0v) is 16.0. The van der Waals surface area contributed by atoms with Crippen molar-refractivity contribution in [2.45, 2.75) is 58.2 Å². The van der Waals surface area contributed by atoms with E-state index in [0.29, 0.717) is 17.1 Å². The van der Waals surface area contributed by atoms with Gasteiger partial charge in [0.15, 0.2) is 5.11 Å². The maximum atomic E-state index is 5.48. The predicted molar refractivity (Wildman–Crippen MR) is 109 cm³/mol. The molecule has 2 heterocycles. The van der Waals surface area contributed by atoms with E-state index in [2.05, 4.69) is 44.8 Å². The molecule has 6 heteroatoms. The van der Waals surface area contributed by atoms with Crippen molar-refractivity contribution in [3.8, 4) is 0 Å².